The Labute approximate surface area is 127 Å². The van der Waals surface area contributed by atoms with E-state index in [1.807, 2.05) is 45.0 Å². The van der Waals surface area contributed by atoms with Gasteiger partial charge >= 0.3 is 0 Å². The van der Waals surface area contributed by atoms with Crippen molar-refractivity contribution in [2.45, 2.75) is 64.1 Å². The van der Waals surface area contributed by atoms with E-state index in [1.54, 1.807) is 0 Å². The molecule has 21 heavy (non-hydrogen) atoms. The molecule has 2 bridgehead atoms. The Hall–Kier alpha value is -1.35. The van der Waals surface area contributed by atoms with Crippen molar-refractivity contribution in [2.24, 2.45) is 5.92 Å². The van der Waals surface area contributed by atoms with Gasteiger partial charge in [-0.25, -0.2) is 0 Å². The summed E-state index contributed by atoms with van der Waals surface area (Å²) in [5.74, 6) is 1.32. The molecule has 0 saturated carbocycles. The van der Waals surface area contributed by atoms with Gasteiger partial charge in [0.25, 0.3) is 0 Å². The maximum atomic E-state index is 12.6. The molecule has 2 aliphatic heterocycles. The molecule has 1 aromatic rings. The van der Waals surface area contributed by atoms with E-state index in [2.05, 4.69) is 5.32 Å². The third-order valence-corrected chi connectivity index (χ3v) is 4.41. The number of piperidine rings is 1. The van der Waals surface area contributed by atoms with Crippen LogP contribution in [0.5, 0.6) is 5.75 Å². The molecular weight excluding hydrogens is 262 g/mol. The highest BCUT2D eigenvalue weighted by atomic mass is 16.5. The molecule has 1 aromatic carbocycles. The number of Topliss-reactive ketones (excluding diaryl/α,β-unsaturated/α-hetero) is 1. The number of ether oxygens (including phenoxy) is 1. The summed E-state index contributed by atoms with van der Waals surface area (Å²) >= 11 is 0. The largest absolute Gasteiger partial charge is 0.488 e. The Bertz CT molecular complexity index is 503. The van der Waals surface area contributed by atoms with Crippen LogP contribution in [-0.4, -0.2) is 23.5 Å². The van der Waals surface area contributed by atoms with Crippen molar-refractivity contribution >= 4 is 5.78 Å². The van der Waals surface area contributed by atoms with Gasteiger partial charge in [-0.15, -0.1) is 0 Å². The van der Waals surface area contributed by atoms with E-state index in [9.17, 15) is 4.79 Å². The van der Waals surface area contributed by atoms with Crippen LogP contribution in [-0.2, 0) is 0 Å². The Kier molecular flexibility index (Phi) is 3.78. The van der Waals surface area contributed by atoms with Crippen LogP contribution in [0.15, 0.2) is 24.3 Å². The summed E-state index contributed by atoms with van der Waals surface area (Å²) in [6.45, 7) is 6.07. The second-order valence-corrected chi connectivity index (χ2v) is 7.41. The van der Waals surface area contributed by atoms with Crippen molar-refractivity contribution in [3.05, 3.63) is 29.8 Å². The lowest BCUT2D eigenvalue weighted by molar-refractivity contribution is 0.0875. The zero-order chi connectivity index (χ0) is 15.0. The van der Waals surface area contributed by atoms with Gasteiger partial charge in [0.05, 0.1) is 0 Å². The van der Waals surface area contributed by atoms with E-state index < -0.39 is 0 Å². The van der Waals surface area contributed by atoms with Crippen LogP contribution in [0.3, 0.4) is 0 Å². The van der Waals surface area contributed by atoms with Crippen LogP contribution < -0.4 is 10.1 Å². The molecule has 3 rings (SSSR count). The number of benzene rings is 1. The molecule has 3 heteroatoms. The lowest BCUT2D eigenvalue weighted by atomic mass is 9.86. The van der Waals surface area contributed by atoms with Gasteiger partial charge in [0.15, 0.2) is 5.78 Å². The van der Waals surface area contributed by atoms with E-state index in [0.29, 0.717) is 17.9 Å². The quantitative estimate of drug-likeness (QED) is 0.864. The van der Waals surface area contributed by atoms with Gasteiger partial charge in [-0.1, -0.05) is 0 Å². The first-order valence-corrected chi connectivity index (χ1v) is 8.00. The molecule has 1 N–H and O–H groups in total. The summed E-state index contributed by atoms with van der Waals surface area (Å²) in [6, 6.07) is 8.76. The highest BCUT2D eigenvalue weighted by Gasteiger charge is 2.36. The van der Waals surface area contributed by atoms with Crippen LogP contribution in [0.4, 0.5) is 0 Å². The first kappa shape index (κ1) is 14.6. The minimum atomic E-state index is -0.209. The molecule has 2 atom stereocenters. The summed E-state index contributed by atoms with van der Waals surface area (Å²) < 4.78 is 5.80. The lowest BCUT2D eigenvalue weighted by Gasteiger charge is -2.28. The standard InChI is InChI=1S/C18H25NO2/c1-18(2,3)21-16-8-4-12(5-9-16)17(20)13-10-14-6-7-15(11-13)19-14/h4-5,8-9,13-15,19H,6-7,10-11H2,1-3H3. The van der Waals surface area contributed by atoms with Gasteiger partial charge in [-0.05, 0) is 70.7 Å². The number of hydrogen-bond donors (Lipinski definition) is 1. The molecule has 114 valence electrons. The zero-order valence-electron chi connectivity index (χ0n) is 13.2. The summed E-state index contributed by atoms with van der Waals surface area (Å²) in [6.07, 6.45) is 4.45. The van der Waals surface area contributed by atoms with E-state index in [-0.39, 0.29) is 11.5 Å². The first-order chi connectivity index (χ1) is 9.90. The second kappa shape index (κ2) is 5.45. The Balaban J connectivity index is 1.67. The maximum absolute atomic E-state index is 12.6. The molecule has 2 heterocycles. The number of rotatable bonds is 3. The summed E-state index contributed by atoms with van der Waals surface area (Å²) in [5.41, 5.74) is 0.613. The number of fused-ring (bicyclic) bond motifs is 2. The van der Waals surface area contributed by atoms with Crippen LogP contribution in [0.25, 0.3) is 0 Å². The van der Waals surface area contributed by atoms with Crippen LogP contribution in [0.2, 0.25) is 0 Å². The Morgan fingerprint density at radius 2 is 1.67 bits per heavy atom. The second-order valence-electron chi connectivity index (χ2n) is 7.41. The van der Waals surface area contributed by atoms with Crippen molar-refractivity contribution in [3.8, 4) is 5.75 Å². The minimum absolute atomic E-state index is 0.193. The van der Waals surface area contributed by atoms with Crippen molar-refractivity contribution in [1.82, 2.24) is 5.32 Å². The number of carbonyl (C=O) groups excluding carboxylic acids is 1. The number of nitrogens with one attached hydrogen (secondary N) is 1. The highest BCUT2D eigenvalue weighted by molar-refractivity contribution is 5.98. The fraction of sp³-hybridized carbons (Fsp3) is 0.611. The smallest absolute Gasteiger partial charge is 0.166 e. The molecule has 3 nitrogen and oxygen atoms in total. The predicted molar refractivity (Wildman–Crippen MR) is 83.8 cm³/mol. The fourth-order valence-corrected chi connectivity index (χ4v) is 3.55. The Morgan fingerprint density at radius 1 is 1.10 bits per heavy atom. The normalized spacial score (nSPS) is 28.4. The number of hydrogen-bond acceptors (Lipinski definition) is 3. The average molecular weight is 287 g/mol. The first-order valence-electron chi connectivity index (χ1n) is 8.00. The van der Waals surface area contributed by atoms with Gasteiger partial charge < -0.3 is 10.1 Å². The third-order valence-electron chi connectivity index (χ3n) is 4.41. The van der Waals surface area contributed by atoms with Gasteiger partial charge in [-0.2, -0.15) is 0 Å². The molecule has 2 aliphatic rings. The third kappa shape index (κ3) is 3.46. The topological polar surface area (TPSA) is 38.3 Å². The van der Waals surface area contributed by atoms with Crippen LogP contribution >= 0.6 is 0 Å². The molecule has 0 aromatic heterocycles. The molecule has 2 unspecified atom stereocenters. The zero-order valence-corrected chi connectivity index (χ0v) is 13.2. The van der Waals surface area contributed by atoms with Gasteiger partial charge in [-0.3, -0.25) is 4.79 Å². The van der Waals surface area contributed by atoms with E-state index >= 15 is 0 Å². The number of ketones is 1. The Morgan fingerprint density at radius 3 is 2.19 bits per heavy atom. The molecular formula is C18H25NO2. The average Bonchev–Trinajstić information content (AvgIpc) is 2.76. The van der Waals surface area contributed by atoms with Crippen LogP contribution in [0, 0.1) is 5.92 Å². The van der Waals surface area contributed by atoms with Gasteiger partial charge in [0.1, 0.15) is 11.4 Å². The van der Waals surface area contributed by atoms with Crippen molar-refractivity contribution in [3.63, 3.8) is 0 Å². The van der Waals surface area contributed by atoms with Crippen molar-refractivity contribution in [1.29, 1.82) is 0 Å². The molecule has 0 spiro atoms. The van der Waals surface area contributed by atoms with Crippen LogP contribution in [0.1, 0.15) is 56.8 Å². The van der Waals surface area contributed by atoms with E-state index in [4.69, 9.17) is 4.74 Å². The van der Waals surface area contributed by atoms with Gasteiger partial charge in [0.2, 0.25) is 0 Å². The number of carbonyl (C=O) groups is 1. The minimum Gasteiger partial charge on any atom is -0.488 e. The molecule has 0 aliphatic carbocycles. The predicted octanol–water partition coefficient (Wildman–Crippen LogP) is 3.58. The lowest BCUT2D eigenvalue weighted by Crippen LogP contribution is -2.40. The summed E-state index contributed by atoms with van der Waals surface area (Å²) in [5, 5.41) is 3.59. The van der Waals surface area contributed by atoms with E-state index in [0.717, 1.165) is 24.2 Å². The van der Waals surface area contributed by atoms with Crippen molar-refractivity contribution < 1.29 is 9.53 Å². The van der Waals surface area contributed by atoms with Gasteiger partial charge in [0, 0.05) is 23.6 Å². The summed E-state index contributed by atoms with van der Waals surface area (Å²) in [7, 11) is 0. The monoisotopic (exact) mass is 287 g/mol. The van der Waals surface area contributed by atoms with E-state index in [1.165, 1.54) is 12.8 Å². The SMILES string of the molecule is CC(C)(C)Oc1ccc(C(=O)C2CC3CCC(C2)N3)cc1. The molecule has 0 radical (unpaired) electrons. The van der Waals surface area contributed by atoms with Crippen molar-refractivity contribution in [2.75, 3.05) is 0 Å². The highest BCUT2D eigenvalue weighted by Crippen LogP contribution is 2.33. The maximum Gasteiger partial charge on any atom is 0.166 e. The summed E-state index contributed by atoms with van der Waals surface area (Å²) in [4.78, 5) is 12.6. The molecule has 2 saturated heterocycles. The molecule has 0 amide bonds. The fourth-order valence-electron chi connectivity index (χ4n) is 3.55. The molecule has 2 fully saturated rings.